The molecule has 0 bridgehead atoms. The van der Waals surface area contributed by atoms with Gasteiger partial charge in [-0.05, 0) is 46.2 Å². The number of carbonyl (C=O) groups is 1. The van der Waals surface area contributed by atoms with Gasteiger partial charge in [0.05, 0.1) is 16.8 Å². The van der Waals surface area contributed by atoms with Crippen molar-refractivity contribution < 1.29 is 14.3 Å². The number of anilines is 1. The quantitative estimate of drug-likeness (QED) is 0.798. The van der Waals surface area contributed by atoms with Crippen molar-refractivity contribution >= 4 is 32.8 Å². The lowest BCUT2D eigenvalue weighted by molar-refractivity contribution is 0.00823. The number of rotatable bonds is 2. The molecule has 0 aliphatic carbocycles. The lowest BCUT2D eigenvalue weighted by Crippen LogP contribution is -2.61. The summed E-state index contributed by atoms with van der Waals surface area (Å²) in [5, 5.41) is 4.38. The Hall–Kier alpha value is -2.06. The molecular formula is C20H28N4O3S. The molecule has 0 unspecified atom stereocenters. The Morgan fingerprint density at radius 3 is 2.96 bits per heavy atom. The van der Waals surface area contributed by atoms with Crippen molar-refractivity contribution in [3.8, 4) is 5.75 Å². The molecule has 2 aliphatic rings. The highest BCUT2D eigenvalue weighted by atomic mass is 32.1. The molecule has 1 aromatic heterocycles. The number of nitrogens with zero attached hydrogens (tertiary/aromatic N) is 2. The van der Waals surface area contributed by atoms with Crippen LogP contribution in [-0.4, -0.2) is 52.9 Å². The van der Waals surface area contributed by atoms with Crippen molar-refractivity contribution in [2.45, 2.75) is 64.3 Å². The zero-order valence-electron chi connectivity index (χ0n) is 16.8. The molecular weight excluding hydrogens is 376 g/mol. The number of amides is 1. The van der Waals surface area contributed by atoms with Crippen LogP contribution in [0.25, 0.3) is 10.2 Å². The van der Waals surface area contributed by atoms with Crippen LogP contribution in [-0.2, 0) is 11.2 Å². The number of aromatic nitrogens is 1. The fourth-order valence-electron chi connectivity index (χ4n) is 3.85. The molecule has 7 nitrogen and oxygen atoms in total. The lowest BCUT2D eigenvalue weighted by Gasteiger charge is -2.42. The Morgan fingerprint density at radius 2 is 2.21 bits per heavy atom. The van der Waals surface area contributed by atoms with Gasteiger partial charge in [0, 0.05) is 36.7 Å². The van der Waals surface area contributed by atoms with E-state index in [1.54, 1.807) is 16.2 Å². The van der Waals surface area contributed by atoms with Crippen molar-refractivity contribution in [2.75, 3.05) is 18.5 Å². The third-order valence-electron chi connectivity index (χ3n) is 5.36. The number of hydrogen-bond donors (Lipinski definition) is 2. The maximum absolute atomic E-state index is 12.5. The van der Waals surface area contributed by atoms with Crippen LogP contribution in [0.3, 0.4) is 0 Å². The van der Waals surface area contributed by atoms with Crippen molar-refractivity contribution in [3.63, 3.8) is 0 Å². The second-order valence-electron chi connectivity index (χ2n) is 8.54. The second-order valence-corrected chi connectivity index (χ2v) is 9.57. The van der Waals surface area contributed by atoms with E-state index in [2.05, 4.69) is 11.4 Å². The number of ether oxygens (including phenoxy) is 2. The molecule has 4 rings (SSSR count). The minimum Gasteiger partial charge on any atom is -0.493 e. The van der Waals surface area contributed by atoms with Crippen LogP contribution in [0.5, 0.6) is 5.75 Å². The standard InChI is InChI=1S/C20H28N4O3S/c1-11-16(21)13(7-9-24(11)19(25)27-20(2,3)4)22-18-23-17-12-8-10-26-14(12)5-6-15(17)28-18/h5-6,11,13,16H,7-10,21H2,1-4H3,(H,22,23)/t11-,13-,16+/m1/s1. The van der Waals surface area contributed by atoms with Crippen LogP contribution in [0.4, 0.5) is 9.93 Å². The number of thiazole rings is 1. The largest absolute Gasteiger partial charge is 0.493 e. The number of carbonyl (C=O) groups excluding carboxylic acids is 1. The van der Waals surface area contributed by atoms with E-state index in [0.29, 0.717) is 6.54 Å². The van der Waals surface area contributed by atoms with Crippen LogP contribution >= 0.6 is 11.3 Å². The van der Waals surface area contributed by atoms with Crippen LogP contribution < -0.4 is 15.8 Å². The number of nitrogens with two attached hydrogens (primary N) is 1. The maximum Gasteiger partial charge on any atom is 0.410 e. The number of hydrogen-bond acceptors (Lipinski definition) is 7. The van der Waals surface area contributed by atoms with E-state index in [4.69, 9.17) is 20.2 Å². The SMILES string of the molecule is C[C@@H]1[C@H](N)[C@H](Nc2nc3c4c(ccc3s2)OCC4)CCN1C(=O)OC(C)(C)C. The van der Waals surface area contributed by atoms with Crippen LogP contribution in [0.1, 0.15) is 39.7 Å². The summed E-state index contributed by atoms with van der Waals surface area (Å²) in [5.41, 5.74) is 8.20. The molecule has 1 amide bonds. The monoisotopic (exact) mass is 404 g/mol. The minimum absolute atomic E-state index is 0.0542. The van der Waals surface area contributed by atoms with Gasteiger partial charge in [-0.1, -0.05) is 11.3 Å². The van der Waals surface area contributed by atoms with Gasteiger partial charge in [-0.2, -0.15) is 0 Å². The van der Waals surface area contributed by atoms with E-state index in [1.807, 2.05) is 33.8 Å². The van der Waals surface area contributed by atoms with Gasteiger partial charge < -0.3 is 25.4 Å². The van der Waals surface area contributed by atoms with Gasteiger partial charge in [0.15, 0.2) is 5.13 Å². The summed E-state index contributed by atoms with van der Waals surface area (Å²) in [4.78, 5) is 19.0. The molecule has 2 aromatic rings. The van der Waals surface area contributed by atoms with Gasteiger partial charge in [0.2, 0.25) is 0 Å². The maximum atomic E-state index is 12.5. The molecule has 0 radical (unpaired) electrons. The average molecular weight is 405 g/mol. The molecule has 0 saturated carbocycles. The molecule has 3 heterocycles. The van der Waals surface area contributed by atoms with Crippen molar-refractivity contribution in [3.05, 3.63) is 17.7 Å². The summed E-state index contributed by atoms with van der Waals surface area (Å²) in [6, 6.07) is 3.82. The van der Waals surface area contributed by atoms with Crippen molar-refractivity contribution in [2.24, 2.45) is 5.73 Å². The molecule has 3 N–H and O–H groups in total. The topological polar surface area (TPSA) is 89.7 Å². The van der Waals surface area contributed by atoms with Crippen LogP contribution in [0, 0.1) is 0 Å². The molecule has 8 heteroatoms. The summed E-state index contributed by atoms with van der Waals surface area (Å²) < 4.78 is 12.3. The zero-order valence-corrected chi connectivity index (χ0v) is 17.6. The first kappa shape index (κ1) is 19.3. The normalized spacial score (nSPS) is 24.8. The number of likely N-dealkylation sites (tertiary alicyclic amines) is 1. The Kier molecular flexibility index (Phi) is 4.87. The predicted molar refractivity (Wildman–Crippen MR) is 111 cm³/mol. The predicted octanol–water partition coefficient (Wildman–Crippen LogP) is 3.37. The smallest absolute Gasteiger partial charge is 0.410 e. The van der Waals surface area contributed by atoms with Crippen LogP contribution in [0.15, 0.2) is 12.1 Å². The number of fused-ring (bicyclic) bond motifs is 3. The van der Waals surface area contributed by atoms with E-state index in [-0.39, 0.29) is 24.2 Å². The Balaban J connectivity index is 1.46. The Bertz CT molecular complexity index is 891. The highest BCUT2D eigenvalue weighted by molar-refractivity contribution is 7.22. The zero-order chi connectivity index (χ0) is 20.1. The summed E-state index contributed by atoms with van der Waals surface area (Å²) in [6.45, 7) is 8.93. The van der Waals surface area contributed by atoms with Crippen molar-refractivity contribution in [1.82, 2.24) is 9.88 Å². The summed E-state index contributed by atoms with van der Waals surface area (Å²) in [7, 11) is 0. The highest BCUT2D eigenvalue weighted by Crippen LogP contribution is 2.37. The molecule has 28 heavy (non-hydrogen) atoms. The van der Waals surface area contributed by atoms with E-state index in [1.165, 1.54) is 5.56 Å². The Labute approximate surface area is 169 Å². The fourth-order valence-corrected chi connectivity index (χ4v) is 4.81. The Morgan fingerprint density at radius 1 is 1.43 bits per heavy atom. The van der Waals surface area contributed by atoms with E-state index in [9.17, 15) is 4.79 Å². The average Bonchev–Trinajstić information content (AvgIpc) is 3.23. The first-order valence-electron chi connectivity index (χ1n) is 9.80. The first-order valence-corrected chi connectivity index (χ1v) is 10.6. The second kappa shape index (κ2) is 7.08. The summed E-state index contributed by atoms with van der Waals surface area (Å²) in [5.74, 6) is 0.945. The molecule has 1 saturated heterocycles. The molecule has 0 spiro atoms. The van der Waals surface area contributed by atoms with E-state index < -0.39 is 5.60 Å². The summed E-state index contributed by atoms with van der Waals surface area (Å²) >= 11 is 1.64. The van der Waals surface area contributed by atoms with E-state index >= 15 is 0 Å². The molecule has 3 atom stereocenters. The fraction of sp³-hybridized carbons (Fsp3) is 0.600. The first-order chi connectivity index (χ1) is 13.2. The van der Waals surface area contributed by atoms with Gasteiger partial charge in [0.1, 0.15) is 11.4 Å². The van der Waals surface area contributed by atoms with Gasteiger partial charge in [-0.25, -0.2) is 9.78 Å². The van der Waals surface area contributed by atoms with Gasteiger partial charge >= 0.3 is 6.09 Å². The van der Waals surface area contributed by atoms with Crippen molar-refractivity contribution in [1.29, 1.82) is 0 Å². The van der Waals surface area contributed by atoms with Gasteiger partial charge in [0.25, 0.3) is 0 Å². The lowest BCUT2D eigenvalue weighted by atomic mass is 9.93. The molecule has 1 aromatic carbocycles. The van der Waals surface area contributed by atoms with Gasteiger partial charge in [-0.15, -0.1) is 0 Å². The molecule has 2 aliphatic heterocycles. The third kappa shape index (κ3) is 3.63. The number of nitrogens with one attached hydrogen (secondary N) is 1. The van der Waals surface area contributed by atoms with E-state index in [0.717, 1.165) is 40.5 Å². The van der Waals surface area contributed by atoms with Gasteiger partial charge in [-0.3, -0.25) is 0 Å². The molecule has 152 valence electrons. The minimum atomic E-state index is -0.513. The molecule has 1 fully saturated rings. The summed E-state index contributed by atoms with van der Waals surface area (Å²) in [6.07, 6.45) is 1.35. The number of piperidine rings is 1. The number of benzene rings is 1. The van der Waals surface area contributed by atoms with Crippen LogP contribution in [0.2, 0.25) is 0 Å². The third-order valence-corrected chi connectivity index (χ3v) is 6.32. The highest BCUT2D eigenvalue weighted by Gasteiger charge is 2.37.